The third-order valence-electron chi connectivity index (χ3n) is 5.75. The van der Waals surface area contributed by atoms with Crippen molar-refractivity contribution in [3.8, 4) is 0 Å². The Morgan fingerprint density at radius 3 is 1.96 bits per heavy atom. The molecule has 1 rings (SSSR count). The number of hydrogen-bond acceptors (Lipinski definition) is 3. The second-order valence-corrected chi connectivity index (χ2v) is 14.2. The molecule has 1 heterocycles. The van der Waals surface area contributed by atoms with Crippen LogP contribution in [0.4, 0.5) is 0 Å². The van der Waals surface area contributed by atoms with E-state index < -0.39 is 8.32 Å². The summed E-state index contributed by atoms with van der Waals surface area (Å²) in [6.07, 6.45) is 3.01. The van der Waals surface area contributed by atoms with Gasteiger partial charge in [-0.1, -0.05) is 39.0 Å². The molecule has 1 fully saturated rings. The molecule has 0 radical (unpaired) electrons. The Hall–Kier alpha value is -0.358. The lowest BCUT2D eigenvalue weighted by Crippen LogP contribution is -2.41. The molecule has 1 aliphatic heterocycles. The van der Waals surface area contributed by atoms with Gasteiger partial charge >= 0.3 is 7.12 Å². The third kappa shape index (κ3) is 4.84. The number of rotatable bonds is 6. The van der Waals surface area contributed by atoms with Crippen LogP contribution in [-0.2, 0) is 13.7 Å². The van der Waals surface area contributed by atoms with Crippen molar-refractivity contribution in [2.45, 2.75) is 91.1 Å². The molecule has 1 saturated heterocycles. The summed E-state index contributed by atoms with van der Waals surface area (Å²) in [7, 11) is -2.04. The Morgan fingerprint density at radius 2 is 1.58 bits per heavy atom. The predicted molar refractivity (Wildman–Crippen MR) is 107 cm³/mol. The van der Waals surface area contributed by atoms with Gasteiger partial charge in [-0.25, -0.2) is 0 Å². The monoisotopic (exact) mass is 352 g/mol. The van der Waals surface area contributed by atoms with E-state index in [-0.39, 0.29) is 23.4 Å². The number of hydrogen-bond donors (Lipinski definition) is 0. The first kappa shape index (κ1) is 21.7. The highest BCUT2D eigenvalue weighted by Gasteiger charge is 2.52. The van der Waals surface area contributed by atoms with Gasteiger partial charge in [0.2, 0.25) is 0 Å². The summed E-state index contributed by atoms with van der Waals surface area (Å²) in [5.74, 6) is 0. The molecule has 0 aromatic carbocycles. The van der Waals surface area contributed by atoms with Crippen molar-refractivity contribution in [1.82, 2.24) is 0 Å². The van der Waals surface area contributed by atoms with Crippen LogP contribution in [0.25, 0.3) is 0 Å². The van der Waals surface area contributed by atoms with Crippen LogP contribution in [0.5, 0.6) is 0 Å². The molecule has 0 aliphatic carbocycles. The molecule has 0 spiro atoms. The highest BCUT2D eigenvalue weighted by Crippen LogP contribution is 2.40. The van der Waals surface area contributed by atoms with Gasteiger partial charge in [-0.05, 0) is 64.6 Å². The van der Waals surface area contributed by atoms with Gasteiger partial charge in [0, 0.05) is 6.61 Å². The first-order valence-corrected chi connectivity index (χ1v) is 11.9. The Labute approximate surface area is 151 Å². The standard InChI is InChI=1S/C19H37BO3Si/c1-15(2)16(20-22-18(6,7)19(8,9)23-20)13-12-14-21-24(10,11)17(3,4)5/h13H,1,12,14H2,2-11H3/b16-13+. The van der Waals surface area contributed by atoms with Gasteiger partial charge < -0.3 is 13.7 Å². The Balaban J connectivity index is 2.75. The fourth-order valence-electron chi connectivity index (χ4n) is 2.19. The fraction of sp³-hybridized carbons (Fsp3) is 0.789. The Kier molecular flexibility index (Phi) is 6.42. The van der Waals surface area contributed by atoms with Crippen molar-refractivity contribution in [1.29, 1.82) is 0 Å². The molecule has 1 aliphatic rings. The van der Waals surface area contributed by atoms with E-state index in [9.17, 15) is 0 Å². The van der Waals surface area contributed by atoms with Crippen LogP contribution in [-0.4, -0.2) is 33.2 Å². The third-order valence-corrected chi connectivity index (χ3v) is 10.3. The highest BCUT2D eigenvalue weighted by atomic mass is 28.4. The zero-order chi connectivity index (χ0) is 19.0. The van der Waals surface area contributed by atoms with Crippen LogP contribution in [0, 0.1) is 0 Å². The molecule has 0 saturated carbocycles. The molecule has 3 nitrogen and oxygen atoms in total. The maximum Gasteiger partial charge on any atom is 0.494 e. The van der Waals surface area contributed by atoms with Crippen molar-refractivity contribution in [3.63, 3.8) is 0 Å². The van der Waals surface area contributed by atoms with Crippen molar-refractivity contribution in [2.24, 2.45) is 0 Å². The molecule has 5 heteroatoms. The van der Waals surface area contributed by atoms with Crippen molar-refractivity contribution >= 4 is 15.4 Å². The minimum Gasteiger partial charge on any atom is -0.417 e. The van der Waals surface area contributed by atoms with E-state index in [0.717, 1.165) is 24.1 Å². The molecular formula is C19H37BO3Si. The molecule has 0 amide bonds. The second-order valence-electron chi connectivity index (χ2n) is 9.43. The van der Waals surface area contributed by atoms with Crippen LogP contribution in [0.15, 0.2) is 23.7 Å². The first-order valence-electron chi connectivity index (χ1n) is 8.96. The number of allylic oxidation sites excluding steroid dienone is 2. The van der Waals surface area contributed by atoms with Gasteiger partial charge in [0.1, 0.15) is 0 Å². The summed E-state index contributed by atoms with van der Waals surface area (Å²) in [6.45, 7) is 26.5. The average molecular weight is 352 g/mol. The van der Waals surface area contributed by atoms with Gasteiger partial charge in [0.05, 0.1) is 11.2 Å². The van der Waals surface area contributed by atoms with Gasteiger partial charge in [-0.2, -0.15) is 0 Å². The zero-order valence-corrected chi connectivity index (χ0v) is 18.5. The largest absolute Gasteiger partial charge is 0.494 e. The maximum absolute atomic E-state index is 6.25. The summed E-state index contributed by atoms with van der Waals surface area (Å²) in [4.78, 5) is 0. The molecule has 0 atom stereocenters. The minimum atomic E-state index is -1.70. The van der Waals surface area contributed by atoms with Crippen molar-refractivity contribution in [2.75, 3.05) is 6.61 Å². The van der Waals surface area contributed by atoms with Gasteiger partial charge in [0.25, 0.3) is 0 Å². The minimum absolute atomic E-state index is 0.236. The van der Waals surface area contributed by atoms with Crippen LogP contribution >= 0.6 is 0 Å². The summed E-state index contributed by atoms with van der Waals surface area (Å²) in [5.41, 5.74) is 1.36. The normalized spacial score (nSPS) is 21.2. The summed E-state index contributed by atoms with van der Waals surface area (Å²) in [5, 5.41) is 0.236. The van der Waals surface area contributed by atoms with E-state index >= 15 is 0 Å². The smallest absolute Gasteiger partial charge is 0.417 e. The molecule has 0 bridgehead atoms. The van der Waals surface area contributed by atoms with E-state index in [2.05, 4.69) is 74.2 Å². The second kappa shape index (κ2) is 7.10. The zero-order valence-electron chi connectivity index (χ0n) is 17.5. The lowest BCUT2D eigenvalue weighted by molar-refractivity contribution is 0.00578. The lowest BCUT2D eigenvalue weighted by Gasteiger charge is -2.36. The van der Waals surface area contributed by atoms with E-state index in [1.54, 1.807) is 0 Å². The molecule has 0 aromatic heterocycles. The first-order chi connectivity index (χ1) is 10.6. The van der Waals surface area contributed by atoms with Gasteiger partial charge in [-0.3, -0.25) is 0 Å². The molecule has 0 unspecified atom stereocenters. The quantitative estimate of drug-likeness (QED) is 0.357. The Bertz CT molecular complexity index is 485. The van der Waals surface area contributed by atoms with E-state index in [4.69, 9.17) is 13.7 Å². The van der Waals surface area contributed by atoms with Crippen molar-refractivity contribution < 1.29 is 13.7 Å². The van der Waals surface area contributed by atoms with Crippen LogP contribution < -0.4 is 0 Å². The molecule has 0 N–H and O–H groups in total. The highest BCUT2D eigenvalue weighted by molar-refractivity contribution is 6.74. The fourth-order valence-corrected chi connectivity index (χ4v) is 3.25. The molecule has 24 heavy (non-hydrogen) atoms. The van der Waals surface area contributed by atoms with E-state index in [1.165, 1.54) is 0 Å². The van der Waals surface area contributed by atoms with Crippen LogP contribution in [0.2, 0.25) is 18.1 Å². The van der Waals surface area contributed by atoms with Gasteiger partial charge in [-0.15, -0.1) is 0 Å². The Morgan fingerprint density at radius 1 is 1.12 bits per heavy atom. The van der Waals surface area contributed by atoms with E-state index in [0.29, 0.717) is 0 Å². The van der Waals surface area contributed by atoms with Gasteiger partial charge in [0.15, 0.2) is 8.32 Å². The lowest BCUT2D eigenvalue weighted by atomic mass is 9.74. The van der Waals surface area contributed by atoms with Crippen molar-refractivity contribution in [3.05, 3.63) is 23.7 Å². The van der Waals surface area contributed by atoms with Crippen LogP contribution in [0.3, 0.4) is 0 Å². The SMILES string of the molecule is C=C(C)/C(=C\CCO[Si](C)(C)C(C)(C)C)B1OC(C)(C)C(C)(C)O1. The summed E-state index contributed by atoms with van der Waals surface area (Å²) >= 11 is 0. The molecule has 0 aromatic rings. The predicted octanol–water partition coefficient (Wildman–Crippen LogP) is 5.53. The maximum atomic E-state index is 6.25. The summed E-state index contributed by atoms with van der Waals surface area (Å²) in [6, 6.07) is 0. The average Bonchev–Trinajstić information content (AvgIpc) is 2.55. The molecular weight excluding hydrogens is 315 g/mol. The summed E-state index contributed by atoms with van der Waals surface area (Å²) < 4.78 is 18.6. The van der Waals surface area contributed by atoms with E-state index in [1.807, 2.05) is 6.92 Å². The molecule has 138 valence electrons. The van der Waals surface area contributed by atoms with Crippen LogP contribution in [0.1, 0.15) is 61.8 Å². The topological polar surface area (TPSA) is 27.7 Å².